The predicted molar refractivity (Wildman–Crippen MR) is 58.9 cm³/mol. The zero-order valence-electron chi connectivity index (χ0n) is 10.3. The van der Waals surface area contributed by atoms with Gasteiger partial charge in [-0.15, -0.1) is 13.2 Å². The highest BCUT2D eigenvalue weighted by Crippen LogP contribution is 2.35. The van der Waals surface area contributed by atoms with Crippen molar-refractivity contribution in [3.63, 3.8) is 0 Å². The molecule has 0 radical (unpaired) electrons. The Labute approximate surface area is 107 Å². The molecule has 2 N–H and O–H groups in total. The van der Waals surface area contributed by atoms with E-state index in [-0.39, 0.29) is 12.2 Å². The fourth-order valence-electron chi connectivity index (χ4n) is 1.43. The first-order valence-electron chi connectivity index (χ1n) is 5.41. The minimum Gasteiger partial charge on any atom is -0.403 e. The fourth-order valence-corrected chi connectivity index (χ4v) is 1.43. The lowest BCUT2D eigenvalue weighted by Crippen LogP contribution is -2.26. The summed E-state index contributed by atoms with van der Waals surface area (Å²) in [6.45, 7) is 2.71. The molecule has 1 aromatic rings. The summed E-state index contributed by atoms with van der Waals surface area (Å²) in [5.74, 6) is -2.20. The summed E-state index contributed by atoms with van der Waals surface area (Å²) in [6.07, 6.45) is -6.20. The maximum absolute atomic E-state index is 13.4. The molecule has 1 aromatic carbocycles. The second-order valence-electron chi connectivity index (χ2n) is 4.79. The Bertz CT molecular complexity index is 443. The first-order valence-corrected chi connectivity index (χ1v) is 5.41. The highest BCUT2D eigenvalue weighted by molar-refractivity contribution is 5.31. The van der Waals surface area contributed by atoms with Crippen LogP contribution in [0.25, 0.3) is 0 Å². The second kappa shape index (κ2) is 5.34. The van der Waals surface area contributed by atoms with Crippen LogP contribution in [0.15, 0.2) is 18.2 Å². The van der Waals surface area contributed by atoms with Gasteiger partial charge in [0.25, 0.3) is 0 Å². The second-order valence-corrected chi connectivity index (χ2v) is 4.79. The molecule has 0 heterocycles. The quantitative estimate of drug-likeness (QED) is 0.835. The van der Waals surface area contributed by atoms with E-state index in [0.717, 1.165) is 18.2 Å². The van der Waals surface area contributed by atoms with Gasteiger partial charge >= 0.3 is 6.36 Å². The molecule has 1 unspecified atom stereocenters. The molecule has 1 atom stereocenters. The van der Waals surface area contributed by atoms with E-state index in [1.165, 1.54) is 13.8 Å². The van der Waals surface area contributed by atoms with Crippen molar-refractivity contribution in [3.05, 3.63) is 29.6 Å². The van der Waals surface area contributed by atoms with Gasteiger partial charge in [0.2, 0.25) is 0 Å². The van der Waals surface area contributed by atoms with Crippen molar-refractivity contribution in [2.75, 3.05) is 6.61 Å². The molecule has 0 fully saturated rings. The molecule has 0 saturated heterocycles. The first-order chi connectivity index (χ1) is 8.57. The van der Waals surface area contributed by atoms with Gasteiger partial charge in [-0.2, -0.15) is 0 Å². The molecule has 0 saturated carbocycles. The maximum atomic E-state index is 13.4. The molecule has 0 spiro atoms. The van der Waals surface area contributed by atoms with Crippen LogP contribution in [0, 0.1) is 11.2 Å². The van der Waals surface area contributed by atoms with Crippen LogP contribution in [0.5, 0.6) is 5.75 Å². The minimum atomic E-state index is -4.98. The van der Waals surface area contributed by atoms with Crippen LogP contribution >= 0.6 is 0 Å². The van der Waals surface area contributed by atoms with Crippen LogP contribution in [-0.4, -0.2) is 23.2 Å². The molecule has 19 heavy (non-hydrogen) atoms. The molecule has 0 aliphatic heterocycles. The van der Waals surface area contributed by atoms with Gasteiger partial charge in [-0.3, -0.25) is 0 Å². The highest BCUT2D eigenvalue weighted by Gasteiger charge is 2.33. The van der Waals surface area contributed by atoms with E-state index >= 15 is 0 Å². The van der Waals surface area contributed by atoms with Crippen LogP contribution in [-0.2, 0) is 0 Å². The molecule has 0 bridgehead atoms. The van der Waals surface area contributed by atoms with Crippen molar-refractivity contribution >= 4 is 0 Å². The molecular weight excluding hydrogens is 268 g/mol. The summed E-state index contributed by atoms with van der Waals surface area (Å²) in [4.78, 5) is 0. The van der Waals surface area contributed by atoms with Crippen molar-refractivity contribution < 1.29 is 32.5 Å². The molecule has 3 nitrogen and oxygen atoms in total. The number of hydrogen-bond acceptors (Lipinski definition) is 3. The number of alkyl halides is 3. The Kier molecular flexibility index (Phi) is 4.42. The Hall–Kier alpha value is -1.34. The third-order valence-electron chi connectivity index (χ3n) is 2.65. The topological polar surface area (TPSA) is 49.7 Å². The largest absolute Gasteiger partial charge is 0.573 e. The molecular formula is C12H14F4O3. The van der Waals surface area contributed by atoms with Gasteiger partial charge < -0.3 is 14.9 Å². The number of benzene rings is 1. The van der Waals surface area contributed by atoms with Gasteiger partial charge in [0, 0.05) is 5.41 Å². The number of aliphatic hydroxyl groups excluding tert-OH is 2. The van der Waals surface area contributed by atoms with E-state index in [1.54, 1.807) is 0 Å². The monoisotopic (exact) mass is 282 g/mol. The Morgan fingerprint density at radius 2 is 1.84 bits per heavy atom. The van der Waals surface area contributed by atoms with E-state index in [2.05, 4.69) is 4.74 Å². The van der Waals surface area contributed by atoms with Gasteiger partial charge in [-0.05, 0) is 17.7 Å². The molecule has 108 valence electrons. The van der Waals surface area contributed by atoms with Crippen molar-refractivity contribution in [3.8, 4) is 5.75 Å². The van der Waals surface area contributed by atoms with Crippen molar-refractivity contribution in [1.29, 1.82) is 0 Å². The summed E-state index contributed by atoms with van der Waals surface area (Å²) >= 11 is 0. The number of aliphatic hydroxyl groups is 2. The summed E-state index contributed by atoms with van der Waals surface area (Å²) in [5.41, 5.74) is -0.884. The third kappa shape index (κ3) is 4.07. The normalized spacial score (nSPS) is 14.3. The van der Waals surface area contributed by atoms with Gasteiger partial charge in [0.05, 0.1) is 12.7 Å². The van der Waals surface area contributed by atoms with Crippen molar-refractivity contribution in [1.82, 2.24) is 0 Å². The van der Waals surface area contributed by atoms with E-state index < -0.39 is 29.4 Å². The minimum absolute atomic E-state index is 0.0612. The zero-order chi connectivity index (χ0) is 14.8. The van der Waals surface area contributed by atoms with E-state index in [9.17, 15) is 22.7 Å². The van der Waals surface area contributed by atoms with Gasteiger partial charge in [-0.1, -0.05) is 19.9 Å². The van der Waals surface area contributed by atoms with Crippen molar-refractivity contribution in [2.24, 2.45) is 5.41 Å². The highest BCUT2D eigenvalue weighted by atomic mass is 19.4. The molecule has 0 aliphatic carbocycles. The first kappa shape index (κ1) is 15.7. The van der Waals surface area contributed by atoms with Gasteiger partial charge in [0.1, 0.15) is 0 Å². The summed E-state index contributed by atoms with van der Waals surface area (Å²) in [5, 5.41) is 19.0. The smallest absolute Gasteiger partial charge is 0.403 e. The number of halogens is 4. The van der Waals surface area contributed by atoms with Crippen LogP contribution in [0.3, 0.4) is 0 Å². The summed E-state index contributed by atoms with van der Waals surface area (Å²) in [7, 11) is 0. The third-order valence-corrected chi connectivity index (χ3v) is 2.65. The molecule has 7 heteroatoms. The SMILES string of the molecule is CC(C)(CO)C(O)c1ccc(OC(F)(F)F)c(F)c1. The summed E-state index contributed by atoms with van der Waals surface area (Å²) in [6, 6.07) is 2.66. The Morgan fingerprint density at radius 3 is 2.26 bits per heavy atom. The van der Waals surface area contributed by atoms with Crippen LogP contribution < -0.4 is 4.74 Å². The average molecular weight is 282 g/mol. The van der Waals surface area contributed by atoms with E-state index in [0.29, 0.717) is 0 Å². The number of rotatable bonds is 4. The molecule has 1 rings (SSSR count). The lowest BCUT2D eigenvalue weighted by atomic mass is 9.83. The molecule has 0 aliphatic rings. The standard InChI is InChI=1S/C12H14F4O3/c1-11(2,6-17)10(18)7-3-4-9(8(13)5-7)19-12(14,15)16/h3-5,10,17-18H,6H2,1-2H3. The fraction of sp³-hybridized carbons (Fsp3) is 0.500. The number of hydrogen-bond donors (Lipinski definition) is 2. The lowest BCUT2D eigenvalue weighted by molar-refractivity contribution is -0.275. The predicted octanol–water partition coefficient (Wildman–Crippen LogP) is 2.78. The Balaban J connectivity index is 3.00. The van der Waals surface area contributed by atoms with Crippen LogP contribution in [0.4, 0.5) is 17.6 Å². The maximum Gasteiger partial charge on any atom is 0.573 e. The summed E-state index contributed by atoms with van der Waals surface area (Å²) < 4.78 is 52.8. The van der Waals surface area contributed by atoms with E-state index in [4.69, 9.17) is 5.11 Å². The van der Waals surface area contributed by atoms with Crippen LogP contribution in [0.1, 0.15) is 25.5 Å². The van der Waals surface area contributed by atoms with Gasteiger partial charge in [0.15, 0.2) is 11.6 Å². The average Bonchev–Trinajstić information content (AvgIpc) is 2.29. The van der Waals surface area contributed by atoms with Crippen molar-refractivity contribution in [2.45, 2.75) is 26.3 Å². The molecule has 0 aromatic heterocycles. The van der Waals surface area contributed by atoms with Crippen LogP contribution in [0.2, 0.25) is 0 Å². The Morgan fingerprint density at radius 1 is 1.26 bits per heavy atom. The lowest BCUT2D eigenvalue weighted by Gasteiger charge is -2.28. The van der Waals surface area contributed by atoms with E-state index in [1.807, 2.05) is 0 Å². The molecule has 0 amide bonds. The number of ether oxygens (including phenoxy) is 1. The zero-order valence-corrected chi connectivity index (χ0v) is 10.3. The van der Waals surface area contributed by atoms with Gasteiger partial charge in [-0.25, -0.2) is 4.39 Å².